The van der Waals surface area contributed by atoms with E-state index in [1.807, 2.05) is 0 Å². The lowest BCUT2D eigenvalue weighted by molar-refractivity contribution is 0.189. The van der Waals surface area contributed by atoms with Crippen molar-refractivity contribution in [3.05, 3.63) is 0 Å². The fourth-order valence-electron chi connectivity index (χ4n) is 1.02. The highest BCUT2D eigenvalue weighted by Crippen LogP contribution is 2.15. The maximum atomic E-state index is 4.93. The van der Waals surface area contributed by atoms with Gasteiger partial charge >= 0.3 is 0 Å². The Morgan fingerprint density at radius 2 is 2.33 bits per heavy atom. The second kappa shape index (κ2) is 3.18. The third-order valence-electron chi connectivity index (χ3n) is 1.78. The Labute approximate surface area is 56.8 Å². The summed E-state index contributed by atoms with van der Waals surface area (Å²) in [6.07, 6.45) is 1.18. The maximum absolute atomic E-state index is 4.93. The first-order chi connectivity index (χ1) is 4.34. The van der Waals surface area contributed by atoms with E-state index in [2.05, 4.69) is 11.8 Å². The summed E-state index contributed by atoms with van der Waals surface area (Å²) in [5.74, 6) is 0. The molecule has 9 heavy (non-hydrogen) atoms. The normalized spacial score (nSPS) is 32.7. The molecular weight excluding hydrogens is 114 g/mol. The van der Waals surface area contributed by atoms with Crippen LogP contribution in [-0.2, 0) is 4.74 Å². The quantitative estimate of drug-likeness (QED) is 0.410. The van der Waals surface area contributed by atoms with Crippen molar-refractivity contribution in [3.8, 4) is 0 Å². The molecule has 0 aromatic carbocycles. The van der Waals surface area contributed by atoms with E-state index in [9.17, 15) is 0 Å². The van der Waals surface area contributed by atoms with Crippen LogP contribution < -0.4 is 0 Å². The molecule has 0 spiro atoms. The Bertz CT molecular complexity index is 85.0. The minimum atomic E-state index is 0.849. The summed E-state index contributed by atoms with van der Waals surface area (Å²) in [5, 5.41) is 0. The lowest BCUT2D eigenvalue weighted by Gasteiger charge is -1.99. The molecule has 0 saturated carbocycles. The van der Waals surface area contributed by atoms with Gasteiger partial charge in [-0.1, -0.05) is 0 Å². The van der Waals surface area contributed by atoms with Crippen molar-refractivity contribution in [2.24, 2.45) is 0 Å². The molecular formula is C7H15NO. The Morgan fingerprint density at radius 1 is 1.67 bits per heavy atom. The van der Waals surface area contributed by atoms with Crippen LogP contribution in [-0.4, -0.2) is 37.7 Å². The zero-order chi connectivity index (χ0) is 6.69. The molecule has 0 aromatic heterocycles. The van der Waals surface area contributed by atoms with Crippen LogP contribution in [0.15, 0.2) is 0 Å². The predicted molar refractivity (Wildman–Crippen MR) is 37.5 cm³/mol. The summed E-state index contributed by atoms with van der Waals surface area (Å²) < 4.78 is 4.93. The largest absolute Gasteiger partial charge is 0.385 e. The molecule has 54 valence electrons. The molecule has 1 fully saturated rings. The molecule has 1 unspecified atom stereocenters. The first-order valence-electron chi connectivity index (χ1n) is 3.57. The van der Waals surface area contributed by atoms with E-state index in [-0.39, 0.29) is 0 Å². The average Bonchev–Trinajstić information content (AvgIpc) is 2.48. The minimum Gasteiger partial charge on any atom is -0.385 e. The fourth-order valence-corrected chi connectivity index (χ4v) is 1.02. The minimum absolute atomic E-state index is 0.849. The average molecular weight is 129 g/mol. The van der Waals surface area contributed by atoms with E-state index in [0.29, 0.717) is 0 Å². The van der Waals surface area contributed by atoms with Gasteiger partial charge in [0.25, 0.3) is 0 Å². The number of hydrogen-bond donors (Lipinski definition) is 0. The van der Waals surface area contributed by atoms with E-state index in [1.165, 1.54) is 19.5 Å². The van der Waals surface area contributed by atoms with E-state index in [0.717, 1.165) is 12.6 Å². The molecule has 0 bridgehead atoms. The van der Waals surface area contributed by atoms with Crippen molar-refractivity contribution >= 4 is 0 Å². The van der Waals surface area contributed by atoms with Crippen molar-refractivity contribution in [1.29, 1.82) is 0 Å². The number of methoxy groups -OCH3 is 1. The van der Waals surface area contributed by atoms with Crippen LogP contribution in [0.2, 0.25) is 0 Å². The van der Waals surface area contributed by atoms with E-state index in [1.54, 1.807) is 7.11 Å². The summed E-state index contributed by atoms with van der Waals surface area (Å²) >= 11 is 0. The predicted octanol–water partition coefficient (Wildman–Crippen LogP) is 0.727. The van der Waals surface area contributed by atoms with Crippen molar-refractivity contribution in [2.75, 3.05) is 26.8 Å². The van der Waals surface area contributed by atoms with Crippen LogP contribution >= 0.6 is 0 Å². The standard InChI is InChI=1S/C7H15NO/c1-7-6-8(7)4-3-5-9-2/h7H,3-6H2,1-2H3/t7-,8?/m0/s1. The molecule has 1 rings (SSSR count). The van der Waals surface area contributed by atoms with Gasteiger partial charge in [-0.05, 0) is 13.3 Å². The van der Waals surface area contributed by atoms with Gasteiger partial charge in [-0.15, -0.1) is 0 Å². The molecule has 0 radical (unpaired) electrons. The molecule has 1 aliphatic heterocycles. The zero-order valence-electron chi connectivity index (χ0n) is 6.26. The summed E-state index contributed by atoms with van der Waals surface area (Å²) in [7, 11) is 1.76. The first kappa shape index (κ1) is 7.03. The van der Waals surface area contributed by atoms with E-state index < -0.39 is 0 Å². The Kier molecular flexibility index (Phi) is 2.49. The highest BCUT2D eigenvalue weighted by atomic mass is 16.5. The van der Waals surface area contributed by atoms with Gasteiger partial charge in [0.15, 0.2) is 0 Å². The Morgan fingerprint density at radius 3 is 2.78 bits per heavy atom. The summed E-state index contributed by atoms with van der Waals surface area (Å²) in [6.45, 7) is 5.68. The topological polar surface area (TPSA) is 12.2 Å². The third kappa shape index (κ3) is 2.33. The molecule has 0 amide bonds. The molecule has 2 nitrogen and oxygen atoms in total. The van der Waals surface area contributed by atoms with Gasteiger partial charge in [-0.3, -0.25) is 4.90 Å². The van der Waals surface area contributed by atoms with Crippen LogP contribution in [0.1, 0.15) is 13.3 Å². The Hall–Kier alpha value is -0.0800. The number of ether oxygens (including phenoxy) is 1. The van der Waals surface area contributed by atoms with Crippen LogP contribution in [0, 0.1) is 0 Å². The second-order valence-corrected chi connectivity index (χ2v) is 2.69. The smallest absolute Gasteiger partial charge is 0.0474 e. The molecule has 0 N–H and O–H groups in total. The van der Waals surface area contributed by atoms with Gasteiger partial charge in [-0.2, -0.15) is 0 Å². The molecule has 2 heteroatoms. The monoisotopic (exact) mass is 129 g/mol. The van der Waals surface area contributed by atoms with Gasteiger partial charge in [-0.25, -0.2) is 0 Å². The molecule has 0 aliphatic carbocycles. The van der Waals surface area contributed by atoms with E-state index >= 15 is 0 Å². The third-order valence-corrected chi connectivity index (χ3v) is 1.78. The number of nitrogens with zero attached hydrogens (tertiary/aromatic N) is 1. The second-order valence-electron chi connectivity index (χ2n) is 2.69. The van der Waals surface area contributed by atoms with Gasteiger partial charge in [0.2, 0.25) is 0 Å². The van der Waals surface area contributed by atoms with E-state index in [4.69, 9.17) is 4.74 Å². The van der Waals surface area contributed by atoms with Gasteiger partial charge in [0.05, 0.1) is 0 Å². The first-order valence-corrected chi connectivity index (χ1v) is 3.57. The highest BCUT2D eigenvalue weighted by Gasteiger charge is 2.27. The Balaban J connectivity index is 1.83. The summed E-state index contributed by atoms with van der Waals surface area (Å²) in [5.41, 5.74) is 0. The van der Waals surface area contributed by atoms with Gasteiger partial charge in [0, 0.05) is 32.8 Å². The zero-order valence-corrected chi connectivity index (χ0v) is 6.26. The van der Waals surface area contributed by atoms with Crippen LogP contribution in [0.4, 0.5) is 0 Å². The molecule has 1 saturated heterocycles. The van der Waals surface area contributed by atoms with Crippen molar-refractivity contribution in [3.63, 3.8) is 0 Å². The van der Waals surface area contributed by atoms with Gasteiger partial charge in [0.1, 0.15) is 0 Å². The molecule has 0 aromatic rings. The molecule has 2 atom stereocenters. The number of hydrogen-bond acceptors (Lipinski definition) is 2. The number of rotatable bonds is 4. The van der Waals surface area contributed by atoms with Crippen LogP contribution in [0.5, 0.6) is 0 Å². The lowest BCUT2D eigenvalue weighted by Crippen LogP contribution is -2.04. The van der Waals surface area contributed by atoms with Gasteiger partial charge < -0.3 is 4.74 Å². The van der Waals surface area contributed by atoms with Crippen LogP contribution in [0.25, 0.3) is 0 Å². The summed E-state index contributed by atoms with van der Waals surface area (Å²) in [6, 6.07) is 0.849. The summed E-state index contributed by atoms with van der Waals surface area (Å²) in [4.78, 5) is 2.44. The SMILES string of the molecule is COCCCN1C[C@@H]1C. The molecule has 1 aliphatic rings. The lowest BCUT2D eigenvalue weighted by atomic mass is 10.4. The van der Waals surface area contributed by atoms with Crippen molar-refractivity contribution < 1.29 is 4.74 Å². The van der Waals surface area contributed by atoms with Crippen LogP contribution in [0.3, 0.4) is 0 Å². The van der Waals surface area contributed by atoms with Crippen molar-refractivity contribution in [2.45, 2.75) is 19.4 Å². The fraction of sp³-hybridized carbons (Fsp3) is 1.00. The molecule has 1 heterocycles. The maximum Gasteiger partial charge on any atom is 0.0474 e. The van der Waals surface area contributed by atoms with Crippen molar-refractivity contribution in [1.82, 2.24) is 4.90 Å². The highest BCUT2D eigenvalue weighted by molar-refractivity contribution is 4.83.